The van der Waals surface area contributed by atoms with E-state index < -0.39 is 15.9 Å². The summed E-state index contributed by atoms with van der Waals surface area (Å²) in [5.74, 6) is -0.956. The molecule has 1 N–H and O–H groups in total. The molecule has 1 aliphatic heterocycles. The number of amides is 1. The molecule has 174 valence electrons. The summed E-state index contributed by atoms with van der Waals surface area (Å²) in [6.45, 7) is 3.06. The second kappa shape index (κ2) is 10.3. The number of carbonyl (C=O) groups is 1. The van der Waals surface area contributed by atoms with E-state index in [1.165, 1.54) is 9.87 Å². The SMILES string of the molecule is O=C(NCCS(=O)(=O)N1CCN(CCc2ccccc2)CC1)c1cc(=O)c2ccccc2o1. The minimum atomic E-state index is -3.49. The van der Waals surface area contributed by atoms with E-state index in [4.69, 9.17) is 4.42 Å². The van der Waals surface area contributed by atoms with E-state index >= 15 is 0 Å². The summed E-state index contributed by atoms with van der Waals surface area (Å²) in [7, 11) is -3.49. The Kier molecular flexibility index (Phi) is 7.22. The lowest BCUT2D eigenvalue weighted by Crippen LogP contribution is -2.50. The van der Waals surface area contributed by atoms with Gasteiger partial charge in [0.2, 0.25) is 10.0 Å². The normalized spacial score (nSPS) is 15.5. The fourth-order valence-corrected chi connectivity index (χ4v) is 5.23. The van der Waals surface area contributed by atoms with Crippen LogP contribution in [0.4, 0.5) is 0 Å². The van der Waals surface area contributed by atoms with Crippen molar-refractivity contribution in [3.63, 3.8) is 0 Å². The molecule has 2 heterocycles. The Balaban J connectivity index is 1.25. The highest BCUT2D eigenvalue weighted by atomic mass is 32.2. The number of sulfonamides is 1. The van der Waals surface area contributed by atoms with E-state index in [2.05, 4.69) is 22.3 Å². The van der Waals surface area contributed by atoms with Gasteiger partial charge in [-0.1, -0.05) is 42.5 Å². The number of nitrogens with zero attached hydrogens (tertiary/aromatic N) is 2. The van der Waals surface area contributed by atoms with Gasteiger partial charge in [0.05, 0.1) is 11.1 Å². The van der Waals surface area contributed by atoms with Gasteiger partial charge in [0.25, 0.3) is 5.91 Å². The zero-order valence-electron chi connectivity index (χ0n) is 18.3. The molecule has 0 atom stereocenters. The summed E-state index contributed by atoms with van der Waals surface area (Å²) in [6.07, 6.45) is 0.935. The van der Waals surface area contributed by atoms with E-state index in [-0.39, 0.29) is 23.5 Å². The number of carbonyl (C=O) groups excluding carboxylic acids is 1. The van der Waals surface area contributed by atoms with E-state index in [0.717, 1.165) is 19.0 Å². The Morgan fingerprint density at radius 3 is 2.42 bits per heavy atom. The highest BCUT2D eigenvalue weighted by Gasteiger charge is 2.26. The van der Waals surface area contributed by atoms with Crippen molar-refractivity contribution in [3.05, 3.63) is 82.2 Å². The third kappa shape index (κ3) is 5.87. The molecular formula is C24H27N3O5S. The van der Waals surface area contributed by atoms with Crippen LogP contribution in [0.2, 0.25) is 0 Å². The molecule has 0 saturated carbocycles. The van der Waals surface area contributed by atoms with Crippen LogP contribution in [0.1, 0.15) is 16.1 Å². The van der Waals surface area contributed by atoms with E-state index in [1.54, 1.807) is 24.3 Å². The molecule has 2 aromatic carbocycles. The lowest BCUT2D eigenvalue weighted by atomic mass is 10.1. The maximum Gasteiger partial charge on any atom is 0.287 e. The van der Waals surface area contributed by atoms with Crippen LogP contribution in [0.15, 0.2) is 69.9 Å². The minimum Gasteiger partial charge on any atom is -0.451 e. The molecule has 0 spiro atoms. The van der Waals surface area contributed by atoms with Gasteiger partial charge in [-0.05, 0) is 24.1 Å². The number of benzene rings is 2. The average molecular weight is 470 g/mol. The number of nitrogens with one attached hydrogen (secondary N) is 1. The van der Waals surface area contributed by atoms with Crippen LogP contribution in [-0.4, -0.2) is 68.6 Å². The van der Waals surface area contributed by atoms with Crippen LogP contribution < -0.4 is 10.7 Å². The summed E-state index contributed by atoms with van der Waals surface area (Å²) >= 11 is 0. The molecular weight excluding hydrogens is 442 g/mol. The fourth-order valence-electron chi connectivity index (χ4n) is 3.89. The molecule has 1 saturated heterocycles. The number of piperazine rings is 1. The van der Waals surface area contributed by atoms with Crippen molar-refractivity contribution in [2.45, 2.75) is 6.42 Å². The third-order valence-electron chi connectivity index (χ3n) is 5.79. The predicted octanol–water partition coefficient (Wildman–Crippen LogP) is 1.71. The first-order valence-electron chi connectivity index (χ1n) is 11.0. The van der Waals surface area contributed by atoms with Crippen molar-refractivity contribution in [1.29, 1.82) is 0 Å². The lowest BCUT2D eigenvalue weighted by Gasteiger charge is -2.34. The Morgan fingerprint density at radius 1 is 0.970 bits per heavy atom. The Labute approximate surface area is 192 Å². The Bertz CT molecular complexity index is 1270. The number of fused-ring (bicyclic) bond motifs is 1. The van der Waals surface area contributed by atoms with Crippen molar-refractivity contribution in [1.82, 2.24) is 14.5 Å². The summed E-state index contributed by atoms with van der Waals surface area (Å²) in [6, 6.07) is 18.0. The first kappa shape index (κ1) is 23.2. The van der Waals surface area contributed by atoms with Gasteiger partial charge in [-0.25, -0.2) is 8.42 Å². The van der Waals surface area contributed by atoms with Crippen LogP contribution in [0.5, 0.6) is 0 Å². The molecule has 8 nitrogen and oxygen atoms in total. The maximum atomic E-state index is 12.7. The summed E-state index contributed by atoms with van der Waals surface area (Å²) < 4.78 is 32.4. The smallest absolute Gasteiger partial charge is 0.287 e. The van der Waals surface area contributed by atoms with Gasteiger partial charge in [-0.2, -0.15) is 4.31 Å². The fraction of sp³-hybridized carbons (Fsp3) is 0.333. The number of hydrogen-bond acceptors (Lipinski definition) is 6. The quantitative estimate of drug-likeness (QED) is 0.539. The molecule has 3 aromatic rings. The van der Waals surface area contributed by atoms with Crippen LogP contribution in [0.25, 0.3) is 11.0 Å². The van der Waals surface area contributed by atoms with Gasteiger partial charge in [-0.15, -0.1) is 0 Å². The summed E-state index contributed by atoms with van der Waals surface area (Å²) in [4.78, 5) is 26.8. The van der Waals surface area contributed by atoms with Gasteiger partial charge >= 0.3 is 0 Å². The topological polar surface area (TPSA) is 99.9 Å². The molecule has 0 aliphatic carbocycles. The van der Waals surface area contributed by atoms with Gasteiger partial charge in [-0.3, -0.25) is 9.59 Å². The van der Waals surface area contributed by atoms with Crippen molar-refractivity contribution in [2.75, 3.05) is 45.0 Å². The number of para-hydroxylation sites is 1. The molecule has 0 bridgehead atoms. The van der Waals surface area contributed by atoms with E-state index in [9.17, 15) is 18.0 Å². The first-order chi connectivity index (χ1) is 15.9. The second-order valence-electron chi connectivity index (χ2n) is 8.02. The molecule has 9 heteroatoms. The van der Waals surface area contributed by atoms with Crippen molar-refractivity contribution in [3.8, 4) is 0 Å². The molecule has 1 aliphatic rings. The van der Waals surface area contributed by atoms with Crippen LogP contribution in [0.3, 0.4) is 0 Å². The molecule has 0 unspecified atom stereocenters. The molecule has 1 fully saturated rings. The molecule has 1 aromatic heterocycles. The van der Waals surface area contributed by atoms with Crippen molar-refractivity contribution >= 4 is 26.9 Å². The van der Waals surface area contributed by atoms with Gasteiger partial charge < -0.3 is 14.6 Å². The summed E-state index contributed by atoms with van der Waals surface area (Å²) in [5.41, 5.74) is 1.26. The zero-order valence-corrected chi connectivity index (χ0v) is 19.1. The van der Waals surface area contributed by atoms with Crippen molar-refractivity contribution in [2.24, 2.45) is 0 Å². The Hall–Kier alpha value is -3.01. The summed E-state index contributed by atoms with van der Waals surface area (Å²) in [5, 5.41) is 2.93. The van der Waals surface area contributed by atoms with Crippen LogP contribution in [0, 0.1) is 0 Å². The van der Waals surface area contributed by atoms with Crippen LogP contribution in [-0.2, 0) is 16.4 Å². The molecule has 1 amide bonds. The predicted molar refractivity (Wildman–Crippen MR) is 127 cm³/mol. The van der Waals surface area contributed by atoms with Gasteiger partial charge in [0.15, 0.2) is 11.2 Å². The minimum absolute atomic E-state index is 0.0636. The maximum absolute atomic E-state index is 12.7. The zero-order chi connectivity index (χ0) is 23.3. The third-order valence-corrected chi connectivity index (χ3v) is 7.66. The largest absolute Gasteiger partial charge is 0.451 e. The lowest BCUT2D eigenvalue weighted by molar-refractivity contribution is 0.0929. The second-order valence-corrected chi connectivity index (χ2v) is 10.1. The average Bonchev–Trinajstić information content (AvgIpc) is 2.83. The number of hydrogen-bond donors (Lipinski definition) is 1. The molecule has 33 heavy (non-hydrogen) atoms. The van der Waals surface area contributed by atoms with Gasteiger partial charge in [0.1, 0.15) is 5.58 Å². The first-order valence-corrected chi connectivity index (χ1v) is 12.6. The molecule has 0 radical (unpaired) electrons. The molecule has 4 rings (SSSR count). The standard InChI is InChI=1S/C24H27N3O5S/c28-21-18-23(32-22-9-5-4-8-20(21)22)24(29)25-11-17-33(30,31)27-15-13-26(14-16-27)12-10-19-6-2-1-3-7-19/h1-9,18H,10-17H2,(H,25,29). The van der Waals surface area contributed by atoms with E-state index in [1.807, 2.05) is 18.2 Å². The Morgan fingerprint density at radius 2 is 1.67 bits per heavy atom. The van der Waals surface area contributed by atoms with Gasteiger partial charge in [0, 0.05) is 45.3 Å². The highest BCUT2D eigenvalue weighted by molar-refractivity contribution is 7.89. The van der Waals surface area contributed by atoms with Crippen LogP contribution >= 0.6 is 0 Å². The monoisotopic (exact) mass is 469 g/mol. The number of rotatable bonds is 8. The highest BCUT2D eigenvalue weighted by Crippen LogP contribution is 2.12. The van der Waals surface area contributed by atoms with E-state index in [0.29, 0.717) is 37.1 Å². The van der Waals surface area contributed by atoms with Crippen molar-refractivity contribution < 1.29 is 17.6 Å².